The highest BCUT2D eigenvalue weighted by Crippen LogP contribution is 2.49. The maximum atomic E-state index is 12.3. The van der Waals surface area contributed by atoms with Crippen molar-refractivity contribution in [3.63, 3.8) is 0 Å². The number of rotatable bonds is 5. The average Bonchev–Trinajstić information content (AvgIpc) is 3.58. The van der Waals surface area contributed by atoms with Gasteiger partial charge in [-0.15, -0.1) is 0 Å². The largest absolute Gasteiger partial charge is 0.381 e. The minimum absolute atomic E-state index is 0.113. The third-order valence-electron chi connectivity index (χ3n) is 9.91. The van der Waals surface area contributed by atoms with Gasteiger partial charge < -0.3 is 15.0 Å². The van der Waals surface area contributed by atoms with E-state index in [9.17, 15) is 4.79 Å². The second-order valence-corrected chi connectivity index (χ2v) is 12.7. The maximum absolute atomic E-state index is 12.3. The summed E-state index contributed by atoms with van der Waals surface area (Å²) in [6, 6.07) is 8.91. The number of carbonyl (C=O) groups excluding carboxylic acids is 1. The summed E-state index contributed by atoms with van der Waals surface area (Å²) in [6.45, 7) is 7.89. The second kappa shape index (κ2) is 9.77. The van der Waals surface area contributed by atoms with Gasteiger partial charge in [-0.25, -0.2) is 0 Å². The highest BCUT2D eigenvalue weighted by molar-refractivity contribution is 5.97. The molecular formula is C32H37N7O2. The molecule has 0 radical (unpaired) electrons. The predicted molar refractivity (Wildman–Crippen MR) is 156 cm³/mol. The van der Waals surface area contributed by atoms with Crippen LogP contribution in [0.4, 0.5) is 0 Å². The molecule has 1 amide bonds. The summed E-state index contributed by atoms with van der Waals surface area (Å²) in [7, 11) is 0. The zero-order valence-corrected chi connectivity index (χ0v) is 23.7. The maximum Gasteiger partial charge on any atom is 0.219 e. The van der Waals surface area contributed by atoms with Crippen molar-refractivity contribution in [2.45, 2.75) is 58.2 Å². The molecule has 0 atom stereocenters. The summed E-state index contributed by atoms with van der Waals surface area (Å²) in [5, 5.41) is 15.6. The van der Waals surface area contributed by atoms with Crippen LogP contribution >= 0.6 is 0 Å². The Morgan fingerprint density at radius 3 is 2.80 bits per heavy atom. The first-order valence-corrected chi connectivity index (χ1v) is 15.1. The zero-order valence-electron chi connectivity index (χ0n) is 23.7. The van der Waals surface area contributed by atoms with E-state index in [2.05, 4.69) is 50.2 Å². The minimum atomic E-state index is 0.113. The Kier molecular flexibility index (Phi) is 6.00. The number of amides is 1. The number of hydrogen-bond donors (Lipinski definition) is 1. The Morgan fingerprint density at radius 1 is 1.17 bits per heavy atom. The minimum Gasteiger partial charge on any atom is -0.381 e. The van der Waals surface area contributed by atoms with Gasteiger partial charge in [0.2, 0.25) is 5.91 Å². The fourth-order valence-corrected chi connectivity index (χ4v) is 7.62. The lowest BCUT2D eigenvalue weighted by molar-refractivity contribution is -0.129. The molecule has 212 valence electrons. The fraction of sp³-hybridized carbons (Fsp3) is 0.500. The highest BCUT2D eigenvalue weighted by atomic mass is 16.5. The summed E-state index contributed by atoms with van der Waals surface area (Å²) >= 11 is 0. The Hall–Kier alpha value is -3.56. The Labute approximate surface area is 239 Å². The van der Waals surface area contributed by atoms with Crippen LogP contribution in [0.25, 0.3) is 33.3 Å². The molecule has 1 saturated carbocycles. The molecular weight excluding hydrogens is 514 g/mol. The molecule has 4 aliphatic rings. The van der Waals surface area contributed by atoms with E-state index in [1.54, 1.807) is 6.92 Å². The third-order valence-corrected chi connectivity index (χ3v) is 9.91. The van der Waals surface area contributed by atoms with Gasteiger partial charge in [-0.1, -0.05) is 18.2 Å². The number of pyridine rings is 1. The molecule has 9 heteroatoms. The van der Waals surface area contributed by atoms with E-state index in [0.29, 0.717) is 18.0 Å². The van der Waals surface area contributed by atoms with Crippen molar-refractivity contribution in [2.75, 3.05) is 32.8 Å². The zero-order chi connectivity index (χ0) is 27.6. The molecule has 3 fully saturated rings. The molecule has 3 aromatic heterocycles. The van der Waals surface area contributed by atoms with Crippen LogP contribution in [0.3, 0.4) is 0 Å². The molecule has 1 N–H and O–H groups in total. The molecule has 1 aliphatic carbocycles. The first kappa shape index (κ1) is 25.2. The van der Waals surface area contributed by atoms with E-state index >= 15 is 0 Å². The van der Waals surface area contributed by atoms with Crippen LogP contribution in [0.2, 0.25) is 0 Å². The van der Waals surface area contributed by atoms with E-state index in [1.165, 1.54) is 37.2 Å². The SMILES string of the molecule is CC(=O)N1CCc2c(c(-c3cccc4cc(-c5cnn(CC6CC7(CNC7)C6)c5)ncc34)nn2C2CCOCC2)C1. The van der Waals surface area contributed by atoms with Crippen LogP contribution in [0.15, 0.2) is 42.9 Å². The van der Waals surface area contributed by atoms with Gasteiger partial charge >= 0.3 is 0 Å². The molecule has 2 saturated heterocycles. The summed E-state index contributed by atoms with van der Waals surface area (Å²) < 4.78 is 9.99. The quantitative estimate of drug-likeness (QED) is 0.400. The summed E-state index contributed by atoms with van der Waals surface area (Å²) in [5.74, 6) is 0.838. The number of nitrogens with zero attached hydrogens (tertiary/aromatic N) is 6. The number of aromatic nitrogens is 5. The first-order valence-electron chi connectivity index (χ1n) is 15.1. The molecule has 1 aromatic carbocycles. The standard InChI is InChI=1S/C32H37N7O2/c1-21(40)37-8-5-30-28(18-37)31(36-39(30)25-6-9-41-10-7-25)26-4-2-3-23-11-29(34-15-27(23)26)24-14-35-38(17-24)16-22-12-32(13-22)19-33-20-32/h2-4,11,14-15,17,22,25,33H,5-10,12-13,16,18-20H2,1H3. The molecule has 0 bridgehead atoms. The van der Waals surface area contributed by atoms with E-state index in [0.717, 1.165) is 84.8 Å². The molecule has 4 aromatic rings. The molecule has 0 unspecified atom stereocenters. The number of hydrogen-bond acceptors (Lipinski definition) is 6. The van der Waals surface area contributed by atoms with Gasteiger partial charge in [0.25, 0.3) is 0 Å². The highest BCUT2D eigenvalue weighted by Gasteiger charge is 2.48. The Bertz CT molecular complexity index is 1620. The fourth-order valence-electron chi connectivity index (χ4n) is 7.62. The van der Waals surface area contributed by atoms with Gasteiger partial charge in [-0.05, 0) is 48.5 Å². The van der Waals surface area contributed by atoms with Crippen molar-refractivity contribution in [3.05, 3.63) is 54.1 Å². The van der Waals surface area contributed by atoms with E-state index in [1.807, 2.05) is 17.3 Å². The van der Waals surface area contributed by atoms with Crippen LogP contribution in [0, 0.1) is 11.3 Å². The van der Waals surface area contributed by atoms with Crippen molar-refractivity contribution in [1.82, 2.24) is 34.8 Å². The van der Waals surface area contributed by atoms with Gasteiger partial charge in [0.15, 0.2) is 0 Å². The molecule has 8 rings (SSSR count). The van der Waals surface area contributed by atoms with Crippen LogP contribution in [0.5, 0.6) is 0 Å². The van der Waals surface area contributed by atoms with Crippen LogP contribution in [0.1, 0.15) is 49.9 Å². The number of ether oxygens (including phenoxy) is 1. The summed E-state index contributed by atoms with van der Waals surface area (Å²) in [6.07, 6.45) is 11.5. The van der Waals surface area contributed by atoms with Gasteiger partial charge in [-0.3, -0.25) is 19.1 Å². The number of nitrogens with one attached hydrogen (secondary N) is 1. The lowest BCUT2D eigenvalue weighted by atomic mass is 9.58. The summed E-state index contributed by atoms with van der Waals surface area (Å²) in [5.41, 5.74) is 7.07. The summed E-state index contributed by atoms with van der Waals surface area (Å²) in [4.78, 5) is 19.2. The van der Waals surface area contributed by atoms with Crippen molar-refractivity contribution < 1.29 is 9.53 Å². The van der Waals surface area contributed by atoms with Crippen molar-refractivity contribution in [3.8, 4) is 22.5 Å². The molecule has 1 spiro atoms. The van der Waals surface area contributed by atoms with Crippen LogP contribution < -0.4 is 5.32 Å². The number of fused-ring (bicyclic) bond motifs is 2. The van der Waals surface area contributed by atoms with Crippen molar-refractivity contribution in [2.24, 2.45) is 11.3 Å². The average molecular weight is 552 g/mol. The van der Waals surface area contributed by atoms with E-state index < -0.39 is 0 Å². The van der Waals surface area contributed by atoms with Gasteiger partial charge in [0.1, 0.15) is 0 Å². The Balaban J connectivity index is 1.11. The number of benzene rings is 1. The van der Waals surface area contributed by atoms with Gasteiger partial charge in [0.05, 0.1) is 23.6 Å². The van der Waals surface area contributed by atoms with Gasteiger partial charge in [-0.2, -0.15) is 10.2 Å². The van der Waals surface area contributed by atoms with Crippen LogP contribution in [-0.4, -0.2) is 68.2 Å². The third kappa shape index (κ3) is 4.37. The molecule has 3 aliphatic heterocycles. The van der Waals surface area contributed by atoms with Gasteiger partial charge in [0, 0.05) is 99.4 Å². The smallest absolute Gasteiger partial charge is 0.219 e. The monoisotopic (exact) mass is 551 g/mol. The van der Waals surface area contributed by atoms with E-state index in [-0.39, 0.29) is 5.91 Å². The van der Waals surface area contributed by atoms with E-state index in [4.69, 9.17) is 14.8 Å². The molecule has 9 nitrogen and oxygen atoms in total. The predicted octanol–water partition coefficient (Wildman–Crippen LogP) is 4.22. The number of carbonyl (C=O) groups is 1. The van der Waals surface area contributed by atoms with Crippen LogP contribution in [-0.2, 0) is 29.0 Å². The van der Waals surface area contributed by atoms with Crippen molar-refractivity contribution >= 4 is 16.7 Å². The molecule has 41 heavy (non-hydrogen) atoms. The molecule has 6 heterocycles. The second-order valence-electron chi connectivity index (χ2n) is 12.7. The van der Waals surface area contributed by atoms with Crippen molar-refractivity contribution in [1.29, 1.82) is 0 Å². The Morgan fingerprint density at radius 2 is 2.02 bits per heavy atom. The first-order chi connectivity index (χ1) is 20.1. The topological polar surface area (TPSA) is 90.1 Å². The normalized spacial score (nSPS) is 20.7. The lowest BCUT2D eigenvalue weighted by Crippen LogP contribution is -2.60. The lowest BCUT2D eigenvalue weighted by Gasteiger charge is -2.54.